The largest absolute Gasteiger partial charge is 0.460 e. The van der Waals surface area contributed by atoms with Crippen molar-refractivity contribution in [1.82, 2.24) is 9.13 Å². The van der Waals surface area contributed by atoms with Crippen molar-refractivity contribution in [2.24, 2.45) is 5.41 Å². The van der Waals surface area contributed by atoms with Crippen molar-refractivity contribution >= 4 is 37.5 Å². The van der Waals surface area contributed by atoms with E-state index in [9.17, 15) is 74.6 Å². The van der Waals surface area contributed by atoms with Gasteiger partial charge in [-0.3, -0.25) is 0 Å². The number of nitrogens with zero attached hydrogens (tertiary/aromatic N) is 2. The van der Waals surface area contributed by atoms with E-state index in [-0.39, 0.29) is 11.6 Å². The van der Waals surface area contributed by atoms with Crippen LogP contribution in [0.5, 0.6) is 0 Å². The first-order valence-corrected chi connectivity index (χ1v) is 11.4. The lowest BCUT2D eigenvalue weighted by Gasteiger charge is -2.42. The minimum Gasteiger partial charge on any atom is -0.311 e. The van der Waals surface area contributed by atoms with Crippen molar-refractivity contribution in [1.29, 1.82) is 0 Å². The third-order valence-corrected chi connectivity index (χ3v) is 6.77. The van der Waals surface area contributed by atoms with Crippen molar-refractivity contribution in [2.45, 2.75) is 98.0 Å². The standard InChI is InChI=1S/C18H17F17N2S3/c1-10(2,3)6-37-8(39)7(38)36(9(37)40)5-4-11(19,20)12(21,22)13(23,24)14(25,26)15(27,28)16(29,30)17(31,32)18(33,34)35/h38-39H,4-6H2,1-3H3. The number of rotatable bonds is 10. The third-order valence-electron chi connectivity index (χ3n) is 5.24. The zero-order valence-corrected chi connectivity index (χ0v) is 22.3. The van der Waals surface area contributed by atoms with Gasteiger partial charge in [-0.15, -0.1) is 25.3 Å². The van der Waals surface area contributed by atoms with E-state index in [4.69, 9.17) is 12.2 Å². The lowest BCUT2D eigenvalue weighted by atomic mass is 9.88. The van der Waals surface area contributed by atoms with Crippen LogP contribution >= 0.6 is 37.5 Å². The van der Waals surface area contributed by atoms with Gasteiger partial charge in [-0.25, -0.2) is 0 Å². The molecule has 1 aromatic heterocycles. The predicted octanol–water partition coefficient (Wildman–Crippen LogP) is 9.04. The Morgan fingerprint density at radius 1 is 0.550 bits per heavy atom. The molecule has 0 N–H and O–H groups in total. The average molecular weight is 681 g/mol. The minimum atomic E-state index is -8.66. The molecule has 2 nitrogen and oxygen atoms in total. The minimum absolute atomic E-state index is 0.0199. The Hall–Kier alpha value is -1.06. The molecule has 0 unspecified atom stereocenters. The summed E-state index contributed by atoms with van der Waals surface area (Å²) in [6.45, 7) is 3.31. The first-order valence-electron chi connectivity index (χ1n) is 10.1. The van der Waals surface area contributed by atoms with Gasteiger partial charge >= 0.3 is 47.6 Å². The molecule has 0 bridgehead atoms. The molecule has 1 rings (SSSR count). The van der Waals surface area contributed by atoms with Crippen LogP contribution in [-0.4, -0.2) is 56.8 Å². The average Bonchev–Trinajstić information content (AvgIpc) is 2.92. The Balaban J connectivity index is 3.55. The van der Waals surface area contributed by atoms with E-state index < -0.39 is 75.8 Å². The van der Waals surface area contributed by atoms with Crippen molar-refractivity contribution in [3.63, 3.8) is 0 Å². The van der Waals surface area contributed by atoms with Gasteiger partial charge in [0.05, 0.1) is 0 Å². The fourth-order valence-corrected chi connectivity index (χ4v) is 4.07. The van der Waals surface area contributed by atoms with Gasteiger partial charge < -0.3 is 9.13 Å². The summed E-state index contributed by atoms with van der Waals surface area (Å²) < 4.78 is 229. The fourth-order valence-electron chi connectivity index (χ4n) is 2.99. The number of alkyl halides is 17. The number of hydrogen-bond acceptors (Lipinski definition) is 3. The molecule has 236 valence electrons. The Morgan fingerprint density at radius 3 is 1.23 bits per heavy atom. The van der Waals surface area contributed by atoms with Gasteiger partial charge in [-0.05, 0) is 17.6 Å². The molecule has 0 saturated heterocycles. The second-order valence-corrected chi connectivity index (χ2v) is 10.8. The second kappa shape index (κ2) is 10.3. The van der Waals surface area contributed by atoms with Crippen LogP contribution in [0, 0.1) is 10.2 Å². The van der Waals surface area contributed by atoms with Gasteiger partial charge in [0.2, 0.25) is 0 Å². The highest BCUT2D eigenvalue weighted by molar-refractivity contribution is 7.83. The van der Waals surface area contributed by atoms with Crippen LogP contribution in [-0.2, 0) is 13.1 Å². The number of hydrogen-bond donors (Lipinski definition) is 2. The lowest BCUT2D eigenvalue weighted by Crippen LogP contribution is -2.74. The molecule has 40 heavy (non-hydrogen) atoms. The zero-order chi connectivity index (χ0) is 32.5. The number of imidazole rings is 1. The topological polar surface area (TPSA) is 9.86 Å². The molecule has 1 aromatic rings. The molecule has 0 aromatic carbocycles. The van der Waals surface area contributed by atoms with E-state index >= 15 is 0 Å². The molecule has 0 atom stereocenters. The van der Waals surface area contributed by atoms with Crippen LogP contribution in [0.1, 0.15) is 27.2 Å². The second-order valence-electron chi connectivity index (χ2n) is 9.63. The maximum Gasteiger partial charge on any atom is 0.460 e. The van der Waals surface area contributed by atoms with Gasteiger partial charge in [-0.1, -0.05) is 20.8 Å². The number of aromatic nitrogens is 2. The van der Waals surface area contributed by atoms with Crippen LogP contribution < -0.4 is 0 Å². The van der Waals surface area contributed by atoms with Crippen LogP contribution in [0.3, 0.4) is 0 Å². The highest BCUT2D eigenvalue weighted by Crippen LogP contribution is 2.64. The Morgan fingerprint density at radius 2 is 0.875 bits per heavy atom. The van der Waals surface area contributed by atoms with Gasteiger partial charge in [0, 0.05) is 19.5 Å². The SMILES string of the molecule is CC(C)(C)Cn1c(S)c(S)n(CCC(F)(F)C(F)(F)C(F)(F)C(F)(F)C(F)(F)C(F)(F)C(F)(F)C(F)(F)F)c1=S. The quantitative estimate of drug-likeness (QED) is 0.143. The van der Waals surface area contributed by atoms with E-state index in [1.165, 1.54) is 0 Å². The summed E-state index contributed by atoms with van der Waals surface area (Å²) in [6.07, 6.45) is -10.4. The number of halogens is 17. The fraction of sp³-hybridized carbons (Fsp3) is 0.833. The monoisotopic (exact) mass is 680 g/mol. The van der Waals surface area contributed by atoms with Crippen molar-refractivity contribution < 1.29 is 74.6 Å². The molecule has 0 amide bonds. The highest BCUT2D eigenvalue weighted by atomic mass is 32.1. The predicted molar refractivity (Wildman–Crippen MR) is 113 cm³/mol. The van der Waals surface area contributed by atoms with Crippen LogP contribution in [0.2, 0.25) is 0 Å². The molecule has 0 aliphatic heterocycles. The normalized spacial score (nSPS) is 15.7. The van der Waals surface area contributed by atoms with Crippen molar-refractivity contribution in [3.05, 3.63) is 4.77 Å². The van der Waals surface area contributed by atoms with Crippen molar-refractivity contribution in [3.8, 4) is 0 Å². The van der Waals surface area contributed by atoms with Crippen LogP contribution in [0.15, 0.2) is 10.1 Å². The summed E-state index contributed by atoms with van der Waals surface area (Å²) in [5.74, 6) is -56.6. The highest BCUT2D eigenvalue weighted by Gasteiger charge is 2.95. The summed E-state index contributed by atoms with van der Waals surface area (Å²) >= 11 is 12.7. The van der Waals surface area contributed by atoms with Gasteiger partial charge in [-0.2, -0.15) is 74.6 Å². The van der Waals surface area contributed by atoms with E-state index in [0.717, 1.165) is 4.57 Å². The Labute approximate surface area is 229 Å². The van der Waals surface area contributed by atoms with Gasteiger partial charge in [0.25, 0.3) is 0 Å². The first-order chi connectivity index (χ1) is 17.2. The van der Waals surface area contributed by atoms with E-state index in [1.54, 1.807) is 20.8 Å². The maximum absolute atomic E-state index is 14.2. The molecule has 0 spiro atoms. The van der Waals surface area contributed by atoms with Crippen LogP contribution in [0.4, 0.5) is 74.6 Å². The summed E-state index contributed by atoms with van der Waals surface area (Å²) in [5, 5.41) is -0.628. The van der Waals surface area contributed by atoms with E-state index in [1.807, 2.05) is 0 Å². The smallest absolute Gasteiger partial charge is 0.311 e. The van der Waals surface area contributed by atoms with Gasteiger partial charge in [0.1, 0.15) is 10.1 Å². The van der Waals surface area contributed by atoms with Gasteiger partial charge in [0.15, 0.2) is 4.77 Å². The van der Waals surface area contributed by atoms with Crippen molar-refractivity contribution in [2.75, 3.05) is 0 Å². The molecule has 0 saturated carbocycles. The maximum atomic E-state index is 14.2. The molecule has 0 aliphatic rings. The summed E-state index contributed by atoms with van der Waals surface area (Å²) in [7, 11) is 0. The molecule has 0 radical (unpaired) electrons. The Kier molecular flexibility index (Phi) is 9.51. The molecule has 0 fully saturated rings. The van der Waals surface area contributed by atoms with E-state index in [2.05, 4.69) is 25.3 Å². The summed E-state index contributed by atoms with van der Waals surface area (Å²) in [4.78, 5) is 0. The molecular weight excluding hydrogens is 663 g/mol. The summed E-state index contributed by atoms with van der Waals surface area (Å²) in [6, 6.07) is 0. The number of thiol groups is 2. The van der Waals surface area contributed by atoms with Crippen LogP contribution in [0.25, 0.3) is 0 Å². The molecular formula is C18H17F17N2S3. The third kappa shape index (κ3) is 5.52. The first kappa shape index (κ1) is 37.0. The Bertz CT molecular complexity index is 1140. The lowest BCUT2D eigenvalue weighted by molar-refractivity contribution is -0.461. The summed E-state index contributed by atoms with van der Waals surface area (Å²) in [5.41, 5.74) is -0.594. The molecule has 0 aliphatic carbocycles. The van der Waals surface area contributed by atoms with E-state index in [0.29, 0.717) is 4.57 Å². The zero-order valence-electron chi connectivity index (χ0n) is 19.7. The molecule has 22 heteroatoms. The molecule has 1 heterocycles.